The lowest BCUT2D eigenvalue weighted by Gasteiger charge is -2.47. The summed E-state index contributed by atoms with van der Waals surface area (Å²) < 4.78 is 38.6. The number of amides is 7. The molecule has 0 radical (unpaired) electrons. The maximum absolute atomic E-state index is 16.1. The summed E-state index contributed by atoms with van der Waals surface area (Å²) in [6, 6.07) is -0.810. The Bertz CT molecular complexity index is 4220. The van der Waals surface area contributed by atoms with Crippen molar-refractivity contribution in [3.05, 3.63) is 127 Å². The van der Waals surface area contributed by atoms with Crippen molar-refractivity contribution in [3.63, 3.8) is 0 Å². The molecule has 10 unspecified atom stereocenters. The standard InChI is InChI=1S/C66H74Cl2N12O23/c1-23(2)12-34(72-5)58(90)78-49-51(85)26-7-10-38(32(67)14-26)99-40-16-28-17-41(55(40)103-65-56(54(88)53(87)42(101-65)22-73-80-71)102-44-21-66(4,70)57(89)24(3)98-44)100-39-11-8-27(15-33(39)68)52(86)50-63(95)77-48(64(96)97)31-18-29(81)19-37(83)45(31)30-13-25(6-9-36(30)82)46(60(92)79-50)76-61(93)47(28)75-59(91)35(20-43(69)84)74-62(49)94/h6-11,13-19,23-24,34-35,42,44,46-54,56-57,65,72,81-83,85-89H,12,20-22,70H2,1-5H3,(H2,69,84)(H,74,94)(H,75,91)(H,76,93)(H,77,95)(H,78,90)(H,79,92)(H,96,97)/t24?,34-,35-,42?,44?,46?,47+,48+,49+,50-,51+,52+,53?,54?,56?,57?,65?,66?/m0/s1. The molecule has 18 atom stereocenters. The van der Waals surface area contributed by atoms with Crippen LogP contribution in [0.15, 0.2) is 84.0 Å². The zero-order chi connectivity index (χ0) is 75.0. The van der Waals surface area contributed by atoms with Gasteiger partial charge >= 0.3 is 5.97 Å². The van der Waals surface area contributed by atoms with Crippen LogP contribution < -0.4 is 62.9 Å². The topological polar surface area (TPSA) is 559 Å². The maximum atomic E-state index is 16.1. The van der Waals surface area contributed by atoms with E-state index >= 15 is 14.4 Å². The second kappa shape index (κ2) is 31.0. The van der Waals surface area contributed by atoms with Crippen LogP contribution in [-0.4, -0.2) is 186 Å². The number of rotatable bonds is 14. The van der Waals surface area contributed by atoms with Gasteiger partial charge in [-0.05, 0) is 116 Å². The average molecular weight is 1470 g/mol. The number of phenols is 3. The van der Waals surface area contributed by atoms with Crippen molar-refractivity contribution in [1.29, 1.82) is 0 Å². The highest BCUT2D eigenvalue weighted by atomic mass is 35.5. The third kappa shape index (κ3) is 16.3. The molecule has 7 aliphatic heterocycles. The number of aliphatic hydroxyl groups is 5. The van der Waals surface area contributed by atoms with E-state index in [1.165, 1.54) is 33.0 Å². The molecule has 0 aromatic heterocycles. The summed E-state index contributed by atoms with van der Waals surface area (Å²) in [5.74, 6) is -16.1. The van der Waals surface area contributed by atoms with Crippen LogP contribution >= 0.6 is 23.2 Å². The Balaban J connectivity index is 1.25. The average Bonchev–Trinajstić information content (AvgIpc) is 0.771. The number of benzene rings is 5. The summed E-state index contributed by atoms with van der Waals surface area (Å²) in [5.41, 5.74) is 17.4. The number of nitrogens with one attached hydrogen (secondary N) is 7. The van der Waals surface area contributed by atoms with Crippen LogP contribution in [0.1, 0.15) is 105 Å². The predicted molar refractivity (Wildman–Crippen MR) is 356 cm³/mol. The largest absolute Gasteiger partial charge is 0.508 e. The highest BCUT2D eigenvalue weighted by molar-refractivity contribution is 6.32. The van der Waals surface area contributed by atoms with Crippen LogP contribution in [0.4, 0.5) is 0 Å². The van der Waals surface area contributed by atoms with E-state index in [0.29, 0.717) is 0 Å². The number of hydrogen-bond acceptors (Lipinski definition) is 25. The molecule has 7 heterocycles. The minimum Gasteiger partial charge on any atom is -0.508 e. The molecule has 5 aromatic rings. The van der Waals surface area contributed by atoms with Gasteiger partial charge in [-0.3, -0.25) is 33.6 Å². The molecule has 11 bridgehead atoms. The number of primary amides is 1. The number of aromatic hydroxyl groups is 3. The maximum Gasteiger partial charge on any atom is 0.330 e. The molecule has 550 valence electrons. The van der Waals surface area contributed by atoms with Crippen LogP contribution in [0.2, 0.25) is 10.0 Å². The molecule has 20 N–H and O–H groups in total. The second-order valence-corrected chi connectivity index (χ2v) is 26.8. The van der Waals surface area contributed by atoms with E-state index in [2.05, 4.69) is 47.2 Å². The van der Waals surface area contributed by atoms with E-state index in [4.69, 9.17) is 63.1 Å². The van der Waals surface area contributed by atoms with Crippen molar-refractivity contribution in [2.75, 3.05) is 13.6 Å². The van der Waals surface area contributed by atoms with Gasteiger partial charge in [0.1, 0.15) is 83.4 Å². The first-order valence-corrected chi connectivity index (χ1v) is 32.8. The fraction of sp³-hybridized carbons (Fsp3) is 0.424. The van der Waals surface area contributed by atoms with Gasteiger partial charge in [-0.15, -0.1) is 0 Å². The van der Waals surface area contributed by atoms with E-state index < -0.39 is 237 Å². The quantitative estimate of drug-likeness (QED) is 0.0425. The van der Waals surface area contributed by atoms with E-state index in [-0.39, 0.29) is 46.2 Å². The Hall–Kier alpha value is -9.85. The van der Waals surface area contributed by atoms with Gasteiger partial charge in [-0.1, -0.05) is 60.4 Å². The highest BCUT2D eigenvalue weighted by Crippen LogP contribution is 2.50. The smallest absolute Gasteiger partial charge is 0.330 e. The van der Waals surface area contributed by atoms with Gasteiger partial charge in [0.15, 0.2) is 29.9 Å². The Kier molecular flexibility index (Phi) is 22.8. The molecule has 7 amide bonds. The monoisotopic (exact) mass is 1470 g/mol. The van der Waals surface area contributed by atoms with Crippen molar-refractivity contribution in [2.24, 2.45) is 22.5 Å². The number of nitrogens with two attached hydrogens (primary N) is 2. The molecule has 103 heavy (non-hydrogen) atoms. The first-order chi connectivity index (χ1) is 48.7. The first-order valence-electron chi connectivity index (χ1n) is 32.0. The molecule has 7 aliphatic rings. The van der Waals surface area contributed by atoms with E-state index in [1.807, 2.05) is 13.8 Å². The van der Waals surface area contributed by atoms with Crippen LogP contribution in [-0.2, 0) is 52.6 Å². The lowest BCUT2D eigenvalue weighted by molar-refractivity contribution is -0.330. The van der Waals surface area contributed by atoms with Crippen LogP contribution in [0, 0.1) is 5.92 Å². The molecule has 0 spiro atoms. The molecule has 37 heteroatoms. The van der Waals surface area contributed by atoms with Crippen molar-refractivity contribution < 1.29 is 113 Å². The zero-order valence-corrected chi connectivity index (χ0v) is 56.7. The summed E-state index contributed by atoms with van der Waals surface area (Å²) in [4.78, 5) is 120. The lowest BCUT2D eigenvalue weighted by atomic mass is 9.86. The summed E-state index contributed by atoms with van der Waals surface area (Å²) in [5, 5.41) is 124. The normalized spacial score (nSPS) is 29.0. The molecule has 35 nitrogen and oxygen atoms in total. The lowest BCUT2D eigenvalue weighted by Crippen LogP contribution is -2.64. The van der Waals surface area contributed by atoms with Gasteiger partial charge in [0.25, 0.3) is 0 Å². The number of nitrogens with zero attached hydrogens (tertiary/aromatic N) is 3. The number of hydrogen-bond donors (Lipinski definition) is 18. The van der Waals surface area contributed by atoms with Crippen molar-refractivity contribution in [3.8, 4) is 57.1 Å². The van der Waals surface area contributed by atoms with Crippen molar-refractivity contribution in [1.82, 2.24) is 37.2 Å². The van der Waals surface area contributed by atoms with Crippen molar-refractivity contribution >= 4 is 70.5 Å². The predicted octanol–water partition coefficient (Wildman–Crippen LogP) is 1.42. The number of azide groups is 1. The van der Waals surface area contributed by atoms with E-state index in [0.717, 1.165) is 66.7 Å². The summed E-state index contributed by atoms with van der Waals surface area (Å²) in [6.07, 6.45) is -18.7. The number of carbonyl (C=O) groups excluding carboxylic acids is 7. The third-order valence-corrected chi connectivity index (χ3v) is 18.5. The number of carboxylic acid groups (broad SMARTS) is 1. The van der Waals surface area contributed by atoms with Crippen LogP contribution in [0.3, 0.4) is 0 Å². The Morgan fingerprint density at radius 3 is 1.95 bits per heavy atom. The first kappa shape index (κ1) is 75.8. The number of carbonyl (C=O) groups is 8. The number of ether oxygens (including phenoxy) is 6. The summed E-state index contributed by atoms with van der Waals surface area (Å²) in [6.45, 7) is 5.94. The minimum atomic E-state index is -2.36. The Morgan fingerprint density at radius 1 is 0.748 bits per heavy atom. The number of likely N-dealkylation sites (N-methyl/N-ethyl adjacent to an activating group) is 1. The fourth-order valence-electron chi connectivity index (χ4n) is 12.6. The summed E-state index contributed by atoms with van der Waals surface area (Å²) >= 11 is 14.1. The second-order valence-electron chi connectivity index (χ2n) is 25.9. The van der Waals surface area contributed by atoms with E-state index in [9.17, 15) is 75.5 Å². The van der Waals surface area contributed by atoms with E-state index in [1.54, 1.807) is 0 Å². The molecule has 0 saturated carbocycles. The highest BCUT2D eigenvalue weighted by Gasteiger charge is 2.51. The number of aliphatic hydroxyl groups excluding tert-OH is 5. The zero-order valence-electron chi connectivity index (χ0n) is 55.2. The van der Waals surface area contributed by atoms with Gasteiger partial charge < -0.3 is 123 Å². The van der Waals surface area contributed by atoms with Crippen LogP contribution in [0.25, 0.3) is 21.6 Å². The SMILES string of the molecule is CN[C@@H](CC(C)C)C(=O)N[C@H]1C(=O)N[C@@H](CC(N)=O)C(=O)N[C@H]2C(=O)NC3C(=O)N[C@H](C(=O)N[C@@H](C(=O)O)c4cc(O)cc(O)c4-c4cc3ccc4O)[C@H](O)c3ccc(c(Cl)c3)Oc3cc2cc(c3OC2OC(CN=[N+]=[N-])C(O)C(O)C2OC2CC(C)(N)C(O)C(C)O2)Oc2ccc(cc2Cl)[C@H]1O. The fourth-order valence-corrected chi connectivity index (χ4v) is 13.1. The molecular formula is C66H74Cl2N12O23. The van der Waals surface area contributed by atoms with Gasteiger partial charge in [0.05, 0.1) is 47.4 Å². The number of fused-ring (bicyclic) bond motifs is 15. The molecular weight excluding hydrogens is 1400 g/mol. The van der Waals surface area contributed by atoms with Crippen LogP contribution in [0.5, 0.6) is 46.0 Å². The van der Waals surface area contributed by atoms with Gasteiger partial charge in [-0.2, -0.15) is 0 Å². The Labute approximate surface area is 594 Å². The number of carboxylic acids is 1. The molecule has 0 aliphatic carbocycles. The number of aliphatic carboxylic acids is 1. The minimum absolute atomic E-state index is 0.103. The van der Waals surface area contributed by atoms with Gasteiger partial charge in [-0.25, -0.2) is 4.79 Å². The molecule has 5 aromatic carbocycles. The number of halogens is 2. The number of phenolic OH excluding ortho intramolecular Hbond substituents is 3. The molecule has 12 rings (SSSR count). The third-order valence-electron chi connectivity index (χ3n) is 17.9. The van der Waals surface area contributed by atoms with Gasteiger partial charge in [0, 0.05) is 39.6 Å². The molecule has 2 saturated heterocycles. The Morgan fingerprint density at radius 2 is 1.36 bits per heavy atom. The van der Waals surface area contributed by atoms with Gasteiger partial charge in [0.2, 0.25) is 53.4 Å². The van der Waals surface area contributed by atoms with Crippen molar-refractivity contribution in [2.45, 2.75) is 156 Å². The molecule has 2 fully saturated rings. The summed E-state index contributed by atoms with van der Waals surface area (Å²) in [7, 11) is 1.47.